The SMILES string of the molecule is Cc1ccc([N+](=O)[O-])cc1N=NC(=O)NNc1cc([N+](=O)[O-])ccc1C. The third kappa shape index (κ3) is 4.56. The van der Waals surface area contributed by atoms with Crippen molar-refractivity contribution in [3.05, 3.63) is 67.8 Å². The van der Waals surface area contributed by atoms with Crippen molar-refractivity contribution in [2.75, 3.05) is 5.43 Å². The second-order valence-electron chi connectivity index (χ2n) is 5.24. The molecule has 0 aliphatic carbocycles. The molecular weight excluding hydrogens is 344 g/mol. The molecule has 2 aromatic rings. The molecule has 0 atom stereocenters. The Bertz CT molecular complexity index is 911. The molecule has 134 valence electrons. The van der Waals surface area contributed by atoms with Crippen molar-refractivity contribution in [3.63, 3.8) is 0 Å². The molecule has 2 rings (SSSR count). The second kappa shape index (κ2) is 7.79. The Morgan fingerprint density at radius 2 is 1.54 bits per heavy atom. The van der Waals surface area contributed by atoms with Crippen LogP contribution in [0, 0.1) is 34.1 Å². The highest BCUT2D eigenvalue weighted by molar-refractivity contribution is 5.76. The van der Waals surface area contributed by atoms with Gasteiger partial charge in [0.25, 0.3) is 11.4 Å². The number of nitrogens with zero attached hydrogens (tertiary/aromatic N) is 4. The van der Waals surface area contributed by atoms with Crippen molar-refractivity contribution in [2.45, 2.75) is 13.8 Å². The van der Waals surface area contributed by atoms with Crippen LogP contribution in [-0.2, 0) is 0 Å². The summed E-state index contributed by atoms with van der Waals surface area (Å²) in [5.41, 5.74) is 6.23. The van der Waals surface area contributed by atoms with Gasteiger partial charge in [-0.1, -0.05) is 17.2 Å². The molecule has 2 amide bonds. The molecular formula is C15H14N6O5. The normalized spacial score (nSPS) is 10.5. The fourth-order valence-electron chi connectivity index (χ4n) is 1.92. The summed E-state index contributed by atoms with van der Waals surface area (Å²) in [5, 5.41) is 28.6. The number of non-ortho nitro benzene ring substituents is 2. The minimum absolute atomic E-state index is 0.138. The molecule has 0 spiro atoms. The van der Waals surface area contributed by atoms with Gasteiger partial charge in [0, 0.05) is 24.3 Å². The first-order chi connectivity index (χ1) is 12.3. The van der Waals surface area contributed by atoms with E-state index in [-0.39, 0.29) is 17.1 Å². The molecule has 2 aromatic carbocycles. The molecule has 0 heterocycles. The number of benzene rings is 2. The average molecular weight is 358 g/mol. The fraction of sp³-hybridized carbons (Fsp3) is 0.133. The molecule has 0 saturated carbocycles. The molecule has 0 fully saturated rings. The van der Waals surface area contributed by atoms with E-state index in [1.54, 1.807) is 13.8 Å². The van der Waals surface area contributed by atoms with Crippen LogP contribution in [0.3, 0.4) is 0 Å². The van der Waals surface area contributed by atoms with Crippen LogP contribution in [0.4, 0.5) is 27.5 Å². The number of aryl methyl sites for hydroxylation is 2. The average Bonchev–Trinajstić information content (AvgIpc) is 2.59. The number of nitro groups is 2. The van der Waals surface area contributed by atoms with Crippen LogP contribution in [0.2, 0.25) is 0 Å². The van der Waals surface area contributed by atoms with Gasteiger partial charge in [-0.25, -0.2) is 10.2 Å². The van der Waals surface area contributed by atoms with Gasteiger partial charge >= 0.3 is 6.03 Å². The summed E-state index contributed by atoms with van der Waals surface area (Å²) >= 11 is 0. The number of carbonyl (C=O) groups is 1. The number of hydrazine groups is 1. The van der Waals surface area contributed by atoms with Gasteiger partial charge in [0.15, 0.2) is 0 Å². The van der Waals surface area contributed by atoms with E-state index in [1.165, 1.54) is 36.4 Å². The van der Waals surface area contributed by atoms with Gasteiger partial charge in [0.1, 0.15) is 0 Å². The lowest BCUT2D eigenvalue weighted by Crippen LogP contribution is -2.26. The third-order valence-electron chi connectivity index (χ3n) is 3.39. The summed E-state index contributed by atoms with van der Waals surface area (Å²) < 4.78 is 0. The lowest BCUT2D eigenvalue weighted by molar-refractivity contribution is -0.385. The zero-order valence-electron chi connectivity index (χ0n) is 13.8. The molecule has 26 heavy (non-hydrogen) atoms. The van der Waals surface area contributed by atoms with Gasteiger partial charge in [-0.15, -0.1) is 5.11 Å². The minimum atomic E-state index is -0.873. The van der Waals surface area contributed by atoms with Crippen LogP contribution in [-0.4, -0.2) is 15.9 Å². The molecule has 0 aliphatic rings. The summed E-state index contributed by atoms with van der Waals surface area (Å²) in [6.07, 6.45) is 0. The maximum atomic E-state index is 11.7. The van der Waals surface area contributed by atoms with Crippen LogP contribution in [0.1, 0.15) is 11.1 Å². The first-order valence-electron chi connectivity index (χ1n) is 7.25. The van der Waals surface area contributed by atoms with Crippen molar-refractivity contribution in [1.29, 1.82) is 0 Å². The van der Waals surface area contributed by atoms with Crippen molar-refractivity contribution >= 4 is 28.8 Å². The standard InChI is InChI=1S/C15H14N6O5/c1-9-3-5-11(20(23)24)7-13(9)16-18-15(22)19-17-14-8-12(21(25)26)6-4-10(14)2/h3-8,16H,1-2H3,(H,18,22). The van der Waals surface area contributed by atoms with E-state index in [0.717, 1.165) is 0 Å². The minimum Gasteiger partial charge on any atom is -0.297 e. The van der Waals surface area contributed by atoms with E-state index in [9.17, 15) is 25.0 Å². The lowest BCUT2D eigenvalue weighted by Gasteiger charge is -2.08. The Hall–Kier alpha value is -3.89. The number of carbonyl (C=O) groups excluding carboxylic acids is 1. The molecule has 0 aliphatic heterocycles. The van der Waals surface area contributed by atoms with Gasteiger partial charge < -0.3 is 0 Å². The summed E-state index contributed by atoms with van der Waals surface area (Å²) in [4.78, 5) is 32.2. The maximum absolute atomic E-state index is 11.7. The van der Waals surface area contributed by atoms with Crippen molar-refractivity contribution in [3.8, 4) is 0 Å². The predicted octanol–water partition coefficient (Wildman–Crippen LogP) is 3.94. The van der Waals surface area contributed by atoms with E-state index >= 15 is 0 Å². The first-order valence-corrected chi connectivity index (χ1v) is 7.25. The number of nitro benzene ring substituents is 2. The summed E-state index contributed by atoms with van der Waals surface area (Å²) in [6.45, 7) is 3.37. The largest absolute Gasteiger partial charge is 0.378 e. The zero-order valence-corrected chi connectivity index (χ0v) is 13.8. The number of hydrogen-bond acceptors (Lipinski definition) is 7. The Balaban J connectivity index is 2.07. The number of rotatable bonds is 5. The summed E-state index contributed by atoms with van der Waals surface area (Å²) in [6, 6.07) is 7.27. The maximum Gasteiger partial charge on any atom is 0.378 e. The molecule has 0 unspecified atom stereocenters. The molecule has 0 radical (unpaired) electrons. The van der Waals surface area contributed by atoms with Crippen LogP contribution >= 0.6 is 0 Å². The van der Waals surface area contributed by atoms with E-state index in [2.05, 4.69) is 21.1 Å². The smallest absolute Gasteiger partial charge is 0.297 e. The van der Waals surface area contributed by atoms with Gasteiger partial charge in [0.2, 0.25) is 0 Å². The molecule has 0 aromatic heterocycles. The molecule has 11 nitrogen and oxygen atoms in total. The Kier molecular flexibility index (Phi) is 5.53. The van der Waals surface area contributed by atoms with E-state index in [4.69, 9.17) is 0 Å². The lowest BCUT2D eigenvalue weighted by atomic mass is 10.2. The van der Waals surface area contributed by atoms with Crippen LogP contribution in [0.15, 0.2) is 46.6 Å². The third-order valence-corrected chi connectivity index (χ3v) is 3.39. The monoisotopic (exact) mass is 358 g/mol. The highest BCUT2D eigenvalue weighted by Gasteiger charge is 2.10. The van der Waals surface area contributed by atoms with E-state index in [1.807, 2.05) is 0 Å². The Labute approximate surface area is 147 Å². The summed E-state index contributed by atoms with van der Waals surface area (Å²) in [5.74, 6) is 0. The number of amides is 2. The van der Waals surface area contributed by atoms with Crippen molar-refractivity contribution < 1.29 is 14.6 Å². The van der Waals surface area contributed by atoms with Crippen molar-refractivity contribution in [1.82, 2.24) is 5.43 Å². The van der Waals surface area contributed by atoms with Gasteiger partial charge in [-0.2, -0.15) is 0 Å². The van der Waals surface area contributed by atoms with Crippen LogP contribution < -0.4 is 10.9 Å². The van der Waals surface area contributed by atoms with Crippen LogP contribution in [0.25, 0.3) is 0 Å². The van der Waals surface area contributed by atoms with Gasteiger partial charge in [-0.05, 0) is 25.0 Å². The molecule has 0 saturated heterocycles. The highest BCUT2D eigenvalue weighted by atomic mass is 16.6. The van der Waals surface area contributed by atoms with E-state index < -0.39 is 15.9 Å². The van der Waals surface area contributed by atoms with Crippen molar-refractivity contribution in [2.24, 2.45) is 10.2 Å². The van der Waals surface area contributed by atoms with Crippen LogP contribution in [0.5, 0.6) is 0 Å². The number of anilines is 1. The molecule has 11 heteroatoms. The first kappa shape index (κ1) is 18.4. The quantitative estimate of drug-likeness (QED) is 0.469. The second-order valence-corrected chi connectivity index (χ2v) is 5.24. The number of urea groups is 1. The predicted molar refractivity (Wildman–Crippen MR) is 92.3 cm³/mol. The molecule has 2 N–H and O–H groups in total. The van der Waals surface area contributed by atoms with Gasteiger partial charge in [-0.3, -0.25) is 25.7 Å². The molecule has 0 bridgehead atoms. The van der Waals surface area contributed by atoms with E-state index in [0.29, 0.717) is 16.8 Å². The number of azo groups is 1. The zero-order chi connectivity index (χ0) is 19.3. The Morgan fingerprint density at radius 3 is 2.15 bits per heavy atom. The summed E-state index contributed by atoms with van der Waals surface area (Å²) in [7, 11) is 0. The Morgan fingerprint density at radius 1 is 0.962 bits per heavy atom. The number of hydrogen-bond donors (Lipinski definition) is 2. The topological polar surface area (TPSA) is 152 Å². The number of nitrogens with one attached hydrogen (secondary N) is 2. The van der Waals surface area contributed by atoms with Gasteiger partial charge in [0.05, 0.1) is 21.2 Å². The fourth-order valence-corrected chi connectivity index (χ4v) is 1.92. The highest BCUT2D eigenvalue weighted by Crippen LogP contribution is 2.25.